The zero-order valence-electron chi connectivity index (χ0n) is 10.8. The molecule has 0 aromatic heterocycles. The van der Waals surface area contributed by atoms with Gasteiger partial charge < -0.3 is 9.64 Å². The molecule has 4 heteroatoms. The number of amides is 1. The fourth-order valence-corrected chi connectivity index (χ4v) is 2.79. The highest BCUT2D eigenvalue weighted by molar-refractivity contribution is 5.80. The second-order valence-electron chi connectivity index (χ2n) is 5.02. The number of rotatable bonds is 5. The van der Waals surface area contributed by atoms with Gasteiger partial charge in [0.25, 0.3) is 0 Å². The molecule has 1 unspecified atom stereocenters. The highest BCUT2D eigenvalue weighted by Gasteiger charge is 2.28. The summed E-state index contributed by atoms with van der Waals surface area (Å²) in [5.74, 6) is 0.212. The lowest BCUT2D eigenvalue weighted by Gasteiger charge is -2.26. The van der Waals surface area contributed by atoms with E-state index in [0.29, 0.717) is 19.3 Å². The third kappa shape index (κ3) is 3.42. The van der Waals surface area contributed by atoms with Gasteiger partial charge in [0.1, 0.15) is 0 Å². The van der Waals surface area contributed by atoms with Crippen LogP contribution in [-0.4, -0.2) is 42.8 Å². The smallest absolute Gasteiger partial charge is 0.237 e. The lowest BCUT2D eigenvalue weighted by molar-refractivity contribution is -0.129. The number of hydrogen-bond donors (Lipinski definition) is 1. The van der Waals surface area contributed by atoms with E-state index in [0.717, 1.165) is 13.0 Å². The van der Waals surface area contributed by atoms with Gasteiger partial charge in [0.15, 0.2) is 0 Å². The average molecular weight is 240 g/mol. The summed E-state index contributed by atoms with van der Waals surface area (Å²) in [6, 6.07) is 0. The zero-order valence-corrected chi connectivity index (χ0v) is 10.8. The second kappa shape index (κ2) is 6.36. The highest BCUT2D eigenvalue weighted by atomic mass is 16.5. The number of carbonyl (C=O) groups is 1. The standard InChI is InChI=1S/C13H24N2O2/c1-2-12-14-10-13(16)15(12)8-9-17-11-6-4-3-5-7-11/h11-12,14H,2-10H2,1H3. The van der Waals surface area contributed by atoms with Crippen molar-refractivity contribution in [2.24, 2.45) is 0 Å². The van der Waals surface area contributed by atoms with Gasteiger partial charge in [0.2, 0.25) is 5.91 Å². The van der Waals surface area contributed by atoms with Crippen molar-refractivity contribution in [1.29, 1.82) is 0 Å². The molecule has 2 fully saturated rings. The first-order valence-corrected chi connectivity index (χ1v) is 6.95. The molecule has 98 valence electrons. The zero-order chi connectivity index (χ0) is 12.1. The van der Waals surface area contributed by atoms with Crippen LogP contribution in [0.3, 0.4) is 0 Å². The first-order chi connectivity index (χ1) is 8.31. The molecule has 1 aliphatic carbocycles. The summed E-state index contributed by atoms with van der Waals surface area (Å²) in [4.78, 5) is 13.6. The van der Waals surface area contributed by atoms with Crippen LogP contribution in [0, 0.1) is 0 Å². The van der Waals surface area contributed by atoms with Gasteiger partial charge in [0.05, 0.1) is 25.4 Å². The maximum Gasteiger partial charge on any atom is 0.237 e. The van der Waals surface area contributed by atoms with Crippen molar-refractivity contribution in [3.8, 4) is 0 Å². The third-order valence-corrected chi connectivity index (χ3v) is 3.81. The Bertz CT molecular complexity index is 252. The Morgan fingerprint density at radius 2 is 2.12 bits per heavy atom. The quantitative estimate of drug-likeness (QED) is 0.792. The highest BCUT2D eigenvalue weighted by Crippen LogP contribution is 2.20. The van der Waals surface area contributed by atoms with Crippen LogP contribution in [0.2, 0.25) is 0 Å². The van der Waals surface area contributed by atoms with Crippen molar-refractivity contribution in [3.05, 3.63) is 0 Å². The summed E-state index contributed by atoms with van der Waals surface area (Å²) in [5, 5.41) is 3.22. The minimum Gasteiger partial charge on any atom is -0.376 e. The van der Waals surface area contributed by atoms with Crippen molar-refractivity contribution >= 4 is 5.91 Å². The van der Waals surface area contributed by atoms with Gasteiger partial charge in [0, 0.05) is 6.54 Å². The predicted molar refractivity (Wildman–Crippen MR) is 66.6 cm³/mol. The van der Waals surface area contributed by atoms with E-state index in [9.17, 15) is 4.79 Å². The summed E-state index contributed by atoms with van der Waals surface area (Å²) >= 11 is 0. The maximum absolute atomic E-state index is 11.6. The van der Waals surface area contributed by atoms with Crippen molar-refractivity contribution in [2.75, 3.05) is 19.7 Å². The number of nitrogens with zero attached hydrogens (tertiary/aromatic N) is 1. The minimum atomic E-state index is 0.212. The SMILES string of the molecule is CCC1NCC(=O)N1CCOC1CCCCC1. The van der Waals surface area contributed by atoms with E-state index in [1.54, 1.807) is 0 Å². The van der Waals surface area contributed by atoms with Crippen LogP contribution in [-0.2, 0) is 9.53 Å². The van der Waals surface area contributed by atoms with Gasteiger partial charge in [-0.25, -0.2) is 0 Å². The van der Waals surface area contributed by atoms with Crippen LogP contribution in [0.15, 0.2) is 0 Å². The lowest BCUT2D eigenvalue weighted by Crippen LogP contribution is -2.39. The fraction of sp³-hybridized carbons (Fsp3) is 0.923. The van der Waals surface area contributed by atoms with Gasteiger partial charge in [-0.05, 0) is 19.3 Å². The summed E-state index contributed by atoms with van der Waals surface area (Å²) in [6.07, 6.45) is 7.97. The largest absolute Gasteiger partial charge is 0.376 e. The van der Waals surface area contributed by atoms with E-state index < -0.39 is 0 Å². The summed E-state index contributed by atoms with van der Waals surface area (Å²) in [5.41, 5.74) is 0. The van der Waals surface area contributed by atoms with Gasteiger partial charge in [-0.1, -0.05) is 26.2 Å². The summed E-state index contributed by atoms with van der Waals surface area (Å²) in [6.45, 7) is 4.02. The molecule has 0 aromatic carbocycles. The van der Waals surface area contributed by atoms with Crippen LogP contribution in [0.1, 0.15) is 45.4 Å². The van der Waals surface area contributed by atoms with Crippen LogP contribution >= 0.6 is 0 Å². The molecule has 1 heterocycles. The molecule has 1 atom stereocenters. The lowest BCUT2D eigenvalue weighted by atomic mass is 9.98. The van der Waals surface area contributed by atoms with Gasteiger partial charge in [-0.15, -0.1) is 0 Å². The Kier molecular flexibility index (Phi) is 4.80. The van der Waals surface area contributed by atoms with Gasteiger partial charge in [-0.2, -0.15) is 0 Å². The second-order valence-corrected chi connectivity index (χ2v) is 5.02. The Labute approximate surface area is 104 Å². The molecule has 1 amide bonds. The molecule has 2 rings (SSSR count). The molecule has 1 aliphatic heterocycles. The minimum absolute atomic E-state index is 0.212. The van der Waals surface area contributed by atoms with Crippen LogP contribution < -0.4 is 5.32 Å². The Morgan fingerprint density at radius 1 is 1.35 bits per heavy atom. The van der Waals surface area contributed by atoms with Gasteiger partial charge in [-0.3, -0.25) is 10.1 Å². The number of ether oxygens (including phenoxy) is 1. The van der Waals surface area contributed by atoms with Crippen LogP contribution in [0.25, 0.3) is 0 Å². The molecule has 0 bridgehead atoms. The van der Waals surface area contributed by atoms with E-state index in [2.05, 4.69) is 12.2 Å². The molecular weight excluding hydrogens is 216 g/mol. The van der Waals surface area contributed by atoms with Gasteiger partial charge >= 0.3 is 0 Å². The van der Waals surface area contributed by atoms with E-state index in [-0.39, 0.29) is 12.1 Å². The normalized spacial score (nSPS) is 26.8. The van der Waals surface area contributed by atoms with Crippen molar-refractivity contribution in [1.82, 2.24) is 10.2 Å². The van der Waals surface area contributed by atoms with E-state index in [1.165, 1.54) is 32.1 Å². The van der Waals surface area contributed by atoms with Crippen LogP contribution in [0.4, 0.5) is 0 Å². The predicted octanol–water partition coefficient (Wildman–Crippen LogP) is 1.50. The summed E-state index contributed by atoms with van der Waals surface area (Å²) in [7, 11) is 0. The Morgan fingerprint density at radius 3 is 2.82 bits per heavy atom. The molecule has 1 saturated carbocycles. The molecule has 1 N–H and O–H groups in total. The molecule has 4 nitrogen and oxygen atoms in total. The third-order valence-electron chi connectivity index (χ3n) is 3.81. The molecule has 17 heavy (non-hydrogen) atoms. The van der Waals surface area contributed by atoms with E-state index in [1.807, 2.05) is 4.90 Å². The van der Waals surface area contributed by atoms with Crippen molar-refractivity contribution < 1.29 is 9.53 Å². The fourth-order valence-electron chi connectivity index (χ4n) is 2.79. The maximum atomic E-state index is 11.6. The first kappa shape index (κ1) is 12.8. The molecule has 1 saturated heterocycles. The monoisotopic (exact) mass is 240 g/mol. The molecule has 0 spiro atoms. The molecule has 2 aliphatic rings. The Balaban J connectivity index is 1.68. The van der Waals surface area contributed by atoms with Crippen molar-refractivity contribution in [3.63, 3.8) is 0 Å². The molecular formula is C13H24N2O2. The first-order valence-electron chi connectivity index (χ1n) is 6.95. The van der Waals surface area contributed by atoms with Crippen molar-refractivity contribution in [2.45, 2.75) is 57.7 Å². The molecule has 0 radical (unpaired) electrons. The van der Waals surface area contributed by atoms with Crippen LogP contribution in [0.5, 0.6) is 0 Å². The van der Waals surface area contributed by atoms with E-state index in [4.69, 9.17) is 4.74 Å². The number of carbonyl (C=O) groups excluding carboxylic acids is 1. The molecule has 0 aromatic rings. The number of nitrogens with one attached hydrogen (secondary N) is 1. The topological polar surface area (TPSA) is 41.6 Å². The van der Waals surface area contributed by atoms with E-state index >= 15 is 0 Å². The number of hydrogen-bond acceptors (Lipinski definition) is 3. The average Bonchev–Trinajstić information content (AvgIpc) is 2.72. The Hall–Kier alpha value is -0.610. The summed E-state index contributed by atoms with van der Waals surface area (Å²) < 4.78 is 5.86.